The zero-order valence-corrected chi connectivity index (χ0v) is 12.9. The first kappa shape index (κ1) is 14.5. The highest BCUT2D eigenvalue weighted by Gasteiger charge is 2.55. The Morgan fingerprint density at radius 2 is 2.26 bits per heavy atom. The van der Waals surface area contributed by atoms with E-state index in [1.54, 1.807) is 12.6 Å². The molecule has 1 aromatic heterocycles. The molecule has 0 unspecified atom stereocenters. The van der Waals surface area contributed by atoms with Crippen molar-refractivity contribution in [3.8, 4) is 0 Å². The normalized spacial score (nSPS) is 24.8. The number of carbonyl (C=O) groups is 1. The van der Waals surface area contributed by atoms with E-state index in [-0.39, 0.29) is 23.5 Å². The van der Waals surface area contributed by atoms with E-state index in [0.717, 1.165) is 19.3 Å². The van der Waals surface area contributed by atoms with E-state index in [4.69, 9.17) is 4.74 Å². The number of ether oxygens (including phenoxy) is 1. The molecule has 2 atom stereocenters. The minimum atomic E-state index is 0.0204. The minimum absolute atomic E-state index is 0.0204. The molecule has 0 saturated heterocycles. The van der Waals surface area contributed by atoms with Crippen molar-refractivity contribution in [2.75, 3.05) is 14.2 Å². The van der Waals surface area contributed by atoms with Crippen molar-refractivity contribution in [3.05, 3.63) is 16.6 Å². The molecule has 19 heavy (non-hydrogen) atoms. The summed E-state index contributed by atoms with van der Waals surface area (Å²) in [6, 6.07) is 0.252. The van der Waals surface area contributed by atoms with Crippen LogP contribution < -0.4 is 0 Å². The Morgan fingerprint density at radius 1 is 1.58 bits per heavy atom. The topological polar surface area (TPSA) is 42.4 Å². The molecule has 1 heterocycles. The largest absolute Gasteiger partial charge is 0.381 e. The highest BCUT2D eigenvalue weighted by molar-refractivity contribution is 7.07. The summed E-state index contributed by atoms with van der Waals surface area (Å²) in [6.45, 7) is 4.37. The predicted octanol–water partition coefficient (Wildman–Crippen LogP) is 2.81. The third-order valence-electron chi connectivity index (χ3n) is 4.78. The quantitative estimate of drug-likeness (QED) is 0.834. The Balaban J connectivity index is 2.16. The second-order valence-corrected chi connectivity index (χ2v) is 5.92. The first-order valence-electron chi connectivity index (χ1n) is 6.78. The van der Waals surface area contributed by atoms with Crippen LogP contribution in [0.15, 0.2) is 10.9 Å². The standard InChI is InChI=1S/C14H22N2O2S/c1-5-14(6-2)11(7-12(14)18-4)16(3)13(17)10-8-19-9-15-10/h8-9,11-12H,5-7H2,1-4H3/t11-,12+/m0/s1. The summed E-state index contributed by atoms with van der Waals surface area (Å²) < 4.78 is 5.58. The van der Waals surface area contributed by atoms with Gasteiger partial charge in [-0.1, -0.05) is 13.8 Å². The maximum absolute atomic E-state index is 12.4. The number of hydrogen-bond acceptors (Lipinski definition) is 4. The number of amides is 1. The summed E-state index contributed by atoms with van der Waals surface area (Å²) in [7, 11) is 3.65. The van der Waals surface area contributed by atoms with E-state index in [0.29, 0.717) is 5.69 Å². The van der Waals surface area contributed by atoms with Crippen LogP contribution in [0, 0.1) is 5.41 Å². The van der Waals surface area contributed by atoms with Gasteiger partial charge in [-0.2, -0.15) is 0 Å². The van der Waals surface area contributed by atoms with E-state index >= 15 is 0 Å². The lowest BCUT2D eigenvalue weighted by atomic mass is 9.58. The molecule has 1 fully saturated rings. The van der Waals surface area contributed by atoms with Crippen LogP contribution in [0.3, 0.4) is 0 Å². The maximum atomic E-state index is 12.4. The third-order valence-corrected chi connectivity index (χ3v) is 5.37. The number of rotatable bonds is 5. The molecule has 0 spiro atoms. The lowest BCUT2D eigenvalue weighted by Crippen LogP contribution is -2.64. The number of methoxy groups -OCH3 is 1. The van der Waals surface area contributed by atoms with E-state index in [2.05, 4.69) is 18.8 Å². The Hall–Kier alpha value is -0.940. The zero-order valence-electron chi connectivity index (χ0n) is 12.0. The van der Waals surface area contributed by atoms with Crippen LogP contribution in [0.1, 0.15) is 43.6 Å². The SMILES string of the molecule is CCC1(CC)[C@@H](N(C)C(=O)c2cscn2)C[C@H]1OC. The molecular weight excluding hydrogens is 260 g/mol. The van der Waals surface area contributed by atoms with Gasteiger partial charge in [0.05, 0.1) is 11.6 Å². The molecule has 0 N–H and O–H groups in total. The van der Waals surface area contributed by atoms with Crippen molar-refractivity contribution in [1.29, 1.82) is 0 Å². The molecule has 0 aliphatic heterocycles. The summed E-state index contributed by atoms with van der Waals surface area (Å²) in [5.41, 5.74) is 2.34. The molecule has 4 nitrogen and oxygen atoms in total. The van der Waals surface area contributed by atoms with Crippen molar-refractivity contribution in [3.63, 3.8) is 0 Å². The van der Waals surface area contributed by atoms with Gasteiger partial charge in [0.15, 0.2) is 0 Å². The number of hydrogen-bond donors (Lipinski definition) is 0. The van der Waals surface area contributed by atoms with Gasteiger partial charge >= 0.3 is 0 Å². The van der Waals surface area contributed by atoms with Crippen LogP contribution in [0.25, 0.3) is 0 Å². The second kappa shape index (κ2) is 5.59. The van der Waals surface area contributed by atoms with E-state index in [1.807, 2.05) is 17.3 Å². The van der Waals surface area contributed by atoms with Gasteiger partial charge in [-0.3, -0.25) is 4.79 Å². The van der Waals surface area contributed by atoms with Crippen molar-refractivity contribution < 1.29 is 9.53 Å². The summed E-state index contributed by atoms with van der Waals surface area (Å²) in [6.07, 6.45) is 3.24. The summed E-state index contributed by atoms with van der Waals surface area (Å²) in [5, 5.41) is 1.81. The van der Waals surface area contributed by atoms with Gasteiger partial charge in [0.25, 0.3) is 5.91 Å². The molecule has 1 aliphatic carbocycles. The lowest BCUT2D eigenvalue weighted by Gasteiger charge is -2.57. The highest BCUT2D eigenvalue weighted by atomic mass is 32.1. The molecule has 1 saturated carbocycles. The van der Waals surface area contributed by atoms with Gasteiger partial charge < -0.3 is 9.64 Å². The molecule has 0 radical (unpaired) electrons. The molecule has 1 aromatic rings. The van der Waals surface area contributed by atoms with Crippen molar-refractivity contribution in [2.45, 2.75) is 45.3 Å². The first-order chi connectivity index (χ1) is 9.10. The molecule has 1 amide bonds. The Labute approximate surface area is 118 Å². The fraction of sp³-hybridized carbons (Fsp3) is 0.714. The van der Waals surface area contributed by atoms with E-state index in [1.165, 1.54) is 11.3 Å². The van der Waals surface area contributed by atoms with Crippen molar-refractivity contribution >= 4 is 17.2 Å². The lowest BCUT2D eigenvalue weighted by molar-refractivity contribution is -0.147. The summed E-state index contributed by atoms with van der Waals surface area (Å²) in [5.74, 6) is 0.0204. The Kier molecular flexibility index (Phi) is 4.26. The number of thiazole rings is 1. The Bertz CT molecular complexity index is 429. The van der Waals surface area contributed by atoms with E-state index in [9.17, 15) is 4.79 Å². The first-order valence-corrected chi connectivity index (χ1v) is 7.73. The van der Waals surface area contributed by atoms with Gasteiger partial charge in [-0.05, 0) is 19.3 Å². The molecule has 1 aliphatic rings. The Morgan fingerprint density at radius 3 is 2.74 bits per heavy atom. The van der Waals surface area contributed by atoms with Gasteiger partial charge in [-0.25, -0.2) is 4.98 Å². The van der Waals surface area contributed by atoms with Crippen LogP contribution in [-0.4, -0.2) is 42.1 Å². The van der Waals surface area contributed by atoms with Gasteiger partial charge in [-0.15, -0.1) is 11.3 Å². The number of aromatic nitrogens is 1. The average molecular weight is 282 g/mol. The maximum Gasteiger partial charge on any atom is 0.273 e. The summed E-state index contributed by atoms with van der Waals surface area (Å²) in [4.78, 5) is 18.4. The predicted molar refractivity (Wildman–Crippen MR) is 76.4 cm³/mol. The number of nitrogens with zero attached hydrogens (tertiary/aromatic N) is 2. The fourth-order valence-corrected chi connectivity index (χ4v) is 3.94. The van der Waals surface area contributed by atoms with Crippen LogP contribution in [0.4, 0.5) is 0 Å². The monoisotopic (exact) mass is 282 g/mol. The van der Waals surface area contributed by atoms with Crippen LogP contribution in [0.2, 0.25) is 0 Å². The van der Waals surface area contributed by atoms with Crippen molar-refractivity contribution in [2.24, 2.45) is 5.41 Å². The van der Waals surface area contributed by atoms with Crippen LogP contribution in [0.5, 0.6) is 0 Å². The van der Waals surface area contributed by atoms with Gasteiger partial charge in [0.1, 0.15) is 5.69 Å². The molecule has 5 heteroatoms. The van der Waals surface area contributed by atoms with Crippen LogP contribution in [-0.2, 0) is 4.74 Å². The van der Waals surface area contributed by atoms with Crippen molar-refractivity contribution in [1.82, 2.24) is 9.88 Å². The van der Waals surface area contributed by atoms with Crippen LogP contribution >= 0.6 is 11.3 Å². The van der Waals surface area contributed by atoms with Gasteiger partial charge in [0.2, 0.25) is 0 Å². The smallest absolute Gasteiger partial charge is 0.273 e. The summed E-state index contributed by atoms with van der Waals surface area (Å²) >= 11 is 1.46. The zero-order chi connectivity index (χ0) is 14.0. The number of carbonyl (C=O) groups excluding carboxylic acids is 1. The molecular formula is C14H22N2O2S. The van der Waals surface area contributed by atoms with E-state index < -0.39 is 0 Å². The highest BCUT2D eigenvalue weighted by Crippen LogP contribution is 2.51. The molecule has 2 rings (SSSR count). The van der Waals surface area contributed by atoms with Gasteiger partial charge in [0, 0.05) is 31.0 Å². The fourth-order valence-electron chi connectivity index (χ4n) is 3.42. The molecule has 0 aromatic carbocycles. The third kappa shape index (κ3) is 2.19. The second-order valence-electron chi connectivity index (χ2n) is 5.21. The molecule has 0 bridgehead atoms. The average Bonchev–Trinajstić information content (AvgIpc) is 2.92. The minimum Gasteiger partial charge on any atom is -0.381 e. The molecule has 106 valence electrons.